The van der Waals surface area contributed by atoms with Crippen molar-refractivity contribution >= 4 is 0 Å². The third kappa shape index (κ3) is 8.59. The van der Waals surface area contributed by atoms with Gasteiger partial charge in [-0.3, -0.25) is 0 Å². The summed E-state index contributed by atoms with van der Waals surface area (Å²) in [4.78, 5) is 0. The molecule has 184 valence electrons. The first-order valence-corrected chi connectivity index (χ1v) is 13.2. The number of allylic oxidation sites excluding steroid dienone is 1. The van der Waals surface area contributed by atoms with E-state index in [1.165, 1.54) is 30.4 Å². The van der Waals surface area contributed by atoms with Crippen molar-refractivity contribution in [1.82, 2.24) is 0 Å². The fourth-order valence-corrected chi connectivity index (χ4v) is 5.73. The molecule has 0 aromatic rings. The fraction of sp³-hybridized carbons (Fsp3) is 0.828. The molecule has 0 radical (unpaired) electrons. The van der Waals surface area contributed by atoms with Crippen LogP contribution in [0, 0.1) is 67.1 Å². The summed E-state index contributed by atoms with van der Waals surface area (Å²) in [5, 5.41) is 0. The van der Waals surface area contributed by atoms with Crippen LogP contribution in [0.2, 0.25) is 0 Å². The molecule has 2 fully saturated rings. The molecule has 2 saturated heterocycles. The van der Waals surface area contributed by atoms with Gasteiger partial charge < -0.3 is 15.9 Å². The Morgan fingerprint density at radius 3 is 2.31 bits per heavy atom. The van der Waals surface area contributed by atoms with Gasteiger partial charge in [0.1, 0.15) is 0 Å². The first-order chi connectivity index (χ1) is 14.7. The Labute approximate surface area is 224 Å². The minimum Gasteiger partial charge on any atom is -0.374 e. The first-order valence-electron chi connectivity index (χ1n) is 13.2. The quantitative estimate of drug-likeness (QED) is 0.112. The fourth-order valence-electron chi connectivity index (χ4n) is 5.73. The van der Waals surface area contributed by atoms with Crippen molar-refractivity contribution in [3.63, 3.8) is 0 Å². The minimum atomic E-state index is 0. The van der Waals surface area contributed by atoms with Crippen molar-refractivity contribution in [2.45, 2.75) is 124 Å². The third-order valence-electron chi connectivity index (χ3n) is 8.30. The molecule has 0 saturated carbocycles. The second kappa shape index (κ2) is 14.8. The van der Waals surface area contributed by atoms with E-state index in [9.17, 15) is 0 Å². The van der Waals surface area contributed by atoms with Gasteiger partial charge >= 0.3 is 0 Å². The average Bonchev–Trinajstić information content (AvgIpc) is 3.21. The van der Waals surface area contributed by atoms with Crippen molar-refractivity contribution in [2.24, 2.45) is 29.6 Å². The van der Waals surface area contributed by atoms with Gasteiger partial charge in [-0.2, -0.15) is 12.8 Å². The third-order valence-corrected chi connectivity index (χ3v) is 8.30. The largest absolute Gasteiger partial charge is 0.374 e. The summed E-state index contributed by atoms with van der Waals surface area (Å²) in [7, 11) is 0. The van der Waals surface area contributed by atoms with Crippen molar-refractivity contribution < 1.29 is 40.6 Å². The van der Waals surface area contributed by atoms with Crippen molar-refractivity contribution in [3.8, 4) is 0 Å². The van der Waals surface area contributed by atoms with Gasteiger partial charge in [-0.1, -0.05) is 79.0 Å². The van der Waals surface area contributed by atoms with Crippen molar-refractivity contribution in [3.05, 3.63) is 30.7 Å². The molecule has 2 unspecified atom stereocenters. The van der Waals surface area contributed by atoms with E-state index >= 15 is 0 Å². The number of rotatable bonds is 13. The summed E-state index contributed by atoms with van der Waals surface area (Å²) in [6.45, 7) is 24.9. The number of unbranched alkanes of at least 4 members (excludes halogenated alkanes) is 1. The van der Waals surface area contributed by atoms with Crippen LogP contribution in [0.3, 0.4) is 0 Å². The van der Waals surface area contributed by atoms with Crippen LogP contribution in [-0.4, -0.2) is 24.4 Å². The van der Waals surface area contributed by atoms with E-state index in [-0.39, 0.29) is 37.2 Å². The van der Waals surface area contributed by atoms with Gasteiger partial charge in [-0.25, -0.2) is 0 Å². The predicted molar refractivity (Wildman–Crippen MR) is 134 cm³/mol. The topological polar surface area (TPSA) is 18.5 Å². The molecule has 0 bridgehead atoms. The van der Waals surface area contributed by atoms with Crippen molar-refractivity contribution in [1.29, 1.82) is 0 Å². The molecular weight excluding hydrogens is 618 g/mol. The number of hydrogen-bond acceptors (Lipinski definition) is 2. The van der Waals surface area contributed by atoms with Crippen LogP contribution in [0.4, 0.5) is 0 Å². The maximum absolute atomic E-state index is 6.65. The molecule has 32 heavy (non-hydrogen) atoms. The second-order valence-corrected chi connectivity index (χ2v) is 10.9. The van der Waals surface area contributed by atoms with E-state index < -0.39 is 0 Å². The summed E-state index contributed by atoms with van der Waals surface area (Å²) in [6.07, 6.45) is 13.0. The minimum absolute atomic E-state index is 0. The molecule has 0 N–H and O–H groups in total. The van der Waals surface area contributed by atoms with Gasteiger partial charge in [0, 0.05) is 31.1 Å². The van der Waals surface area contributed by atoms with Gasteiger partial charge in [0.05, 0.1) is 24.4 Å². The molecular formula is C29H51O2U-. The summed E-state index contributed by atoms with van der Waals surface area (Å²) in [5.74, 6) is 3.15. The molecule has 0 aromatic carbocycles. The SMILES string of the molecule is C=C1C[C@H](C)OC1CC[CH-]C[C@@H](C)C(=C)[C@H](C)C[C@@H]1O[C@H](CC(C)CC)[C@H](C)[C@H]1CC.[U]. The zero-order chi connectivity index (χ0) is 23.1. The van der Waals surface area contributed by atoms with Crippen molar-refractivity contribution in [2.75, 3.05) is 0 Å². The van der Waals surface area contributed by atoms with Crippen LogP contribution < -0.4 is 0 Å². The Morgan fingerprint density at radius 2 is 1.75 bits per heavy atom. The van der Waals surface area contributed by atoms with Crippen LogP contribution in [0.5, 0.6) is 0 Å². The van der Waals surface area contributed by atoms with Crippen LogP contribution in [-0.2, 0) is 9.47 Å². The van der Waals surface area contributed by atoms with Crippen LogP contribution >= 0.6 is 0 Å². The zero-order valence-corrected chi connectivity index (χ0v) is 26.3. The van der Waals surface area contributed by atoms with Gasteiger partial charge in [-0.05, 0) is 61.9 Å². The zero-order valence-electron chi connectivity index (χ0n) is 22.2. The molecule has 0 aromatic heterocycles. The Hall–Kier alpha value is 0.452. The van der Waals surface area contributed by atoms with E-state index in [0.717, 1.165) is 38.0 Å². The van der Waals surface area contributed by atoms with Gasteiger partial charge in [0.15, 0.2) is 0 Å². The van der Waals surface area contributed by atoms with Crippen LogP contribution in [0.25, 0.3) is 0 Å². The summed E-state index contributed by atoms with van der Waals surface area (Å²) in [5.41, 5.74) is 2.66. The molecule has 0 spiro atoms. The first kappa shape index (κ1) is 30.5. The smallest absolute Gasteiger partial charge is 0.0762 e. The maximum atomic E-state index is 6.65. The van der Waals surface area contributed by atoms with Gasteiger partial charge in [0.25, 0.3) is 0 Å². The average molecular weight is 670 g/mol. The number of ether oxygens (including phenoxy) is 2. The van der Waals surface area contributed by atoms with Crippen LogP contribution in [0.1, 0.15) is 99.8 Å². The summed E-state index contributed by atoms with van der Waals surface area (Å²) >= 11 is 0. The molecule has 3 heteroatoms. The summed E-state index contributed by atoms with van der Waals surface area (Å²) < 4.78 is 12.6. The molecule has 2 heterocycles. The second-order valence-electron chi connectivity index (χ2n) is 10.9. The molecule has 9 atom stereocenters. The van der Waals surface area contributed by atoms with Gasteiger partial charge in [0.2, 0.25) is 0 Å². The Kier molecular flexibility index (Phi) is 14.1. The number of hydrogen-bond donors (Lipinski definition) is 0. The van der Waals surface area contributed by atoms with E-state index in [0.29, 0.717) is 42.0 Å². The van der Waals surface area contributed by atoms with E-state index in [4.69, 9.17) is 9.47 Å². The standard InChI is InChI=1S/C29H51O2.U/c1-10-19(3)16-28-25(9)26(11-2)29(31-28)18-21(5)24(8)20(4)14-12-13-15-27-22(6)17-23(7)30-27;/h12,19-21,23,25-29H,6,8,10-11,13-18H2,1-5,7,9H3;/q-1;/t19?,20-,21-,23+,25-,26-,27?,28-,29+;/m1./s1. The molecule has 2 rings (SSSR count). The molecule has 0 amide bonds. The molecule has 2 aliphatic heterocycles. The Bertz CT molecular complexity index is 574. The monoisotopic (exact) mass is 669 g/mol. The molecule has 2 aliphatic rings. The molecule has 2 nitrogen and oxygen atoms in total. The Balaban J connectivity index is 0.00000512. The van der Waals surface area contributed by atoms with E-state index in [1.54, 1.807) is 0 Å². The van der Waals surface area contributed by atoms with Crippen LogP contribution in [0.15, 0.2) is 24.3 Å². The Morgan fingerprint density at radius 1 is 1.06 bits per heavy atom. The van der Waals surface area contributed by atoms with Gasteiger partial charge in [-0.15, -0.1) is 0 Å². The predicted octanol–water partition coefficient (Wildman–Crippen LogP) is 8.18. The summed E-state index contributed by atoms with van der Waals surface area (Å²) in [6, 6.07) is 0. The van der Waals surface area contributed by atoms with E-state index in [2.05, 4.69) is 68.0 Å². The van der Waals surface area contributed by atoms with E-state index in [1.807, 2.05) is 0 Å². The molecule has 0 aliphatic carbocycles. The normalized spacial score (nSPS) is 33.0. The maximum Gasteiger partial charge on any atom is 0.0762 e.